The van der Waals surface area contributed by atoms with Crippen LogP contribution in [0.4, 0.5) is 5.82 Å². The molecule has 2 aliphatic rings. The van der Waals surface area contributed by atoms with Crippen LogP contribution >= 0.6 is 23.2 Å². The molecule has 2 saturated heterocycles. The highest BCUT2D eigenvalue weighted by molar-refractivity contribution is 7.89. The maximum absolute atomic E-state index is 12.9. The van der Waals surface area contributed by atoms with Gasteiger partial charge in [0.05, 0.1) is 35.2 Å². The number of esters is 1. The Bertz CT molecular complexity index is 1530. The predicted octanol–water partition coefficient (Wildman–Crippen LogP) is 3.81. The van der Waals surface area contributed by atoms with Crippen LogP contribution in [0.25, 0.3) is 0 Å². The van der Waals surface area contributed by atoms with E-state index in [9.17, 15) is 28.1 Å². The summed E-state index contributed by atoms with van der Waals surface area (Å²) in [6.07, 6.45) is 1.37. The summed E-state index contributed by atoms with van der Waals surface area (Å²) in [5.74, 6) is -2.00. The largest absolute Gasteiger partial charge is 0.459 e. The summed E-state index contributed by atoms with van der Waals surface area (Å²) in [7, 11) is -4.01. The molecule has 11 nitrogen and oxygen atoms in total. The van der Waals surface area contributed by atoms with Crippen molar-refractivity contribution in [3.63, 3.8) is 0 Å². The number of likely N-dealkylation sites (tertiary alicyclic amines) is 1. The summed E-state index contributed by atoms with van der Waals surface area (Å²) in [4.78, 5) is 46.2. The Morgan fingerprint density at radius 3 is 2.50 bits per heavy atom. The van der Waals surface area contributed by atoms with E-state index in [2.05, 4.69) is 15.8 Å². The van der Waals surface area contributed by atoms with Crippen molar-refractivity contribution in [2.75, 3.05) is 24.5 Å². The number of nitriles is 1. The van der Waals surface area contributed by atoms with Crippen molar-refractivity contribution < 1.29 is 27.5 Å². The molecule has 14 heteroatoms. The second-order valence-electron chi connectivity index (χ2n) is 10.6. The Hall–Kier alpha value is -3.40. The molecule has 0 aliphatic carbocycles. The lowest BCUT2D eigenvalue weighted by Gasteiger charge is -2.33. The van der Waals surface area contributed by atoms with E-state index in [1.165, 1.54) is 24.3 Å². The first-order chi connectivity index (χ1) is 19.9. The van der Waals surface area contributed by atoms with Gasteiger partial charge in [-0.3, -0.25) is 14.3 Å². The molecular weight excluding hydrogens is 605 g/mol. The van der Waals surface area contributed by atoms with E-state index in [4.69, 9.17) is 27.9 Å². The lowest BCUT2D eigenvalue weighted by molar-refractivity contribution is -0.128. The SMILES string of the molecule is CC(C)OC(=O)c1cc(C#N)c(N2CCC(C(=O)NS(=O)(=O)Cc3ccc(Cl)cc3Cl)CC2)nc1CN1CCCC1=O. The molecule has 3 heterocycles. The number of halogens is 2. The molecule has 0 spiro atoms. The summed E-state index contributed by atoms with van der Waals surface area (Å²) >= 11 is 12.0. The molecule has 0 saturated carbocycles. The summed E-state index contributed by atoms with van der Waals surface area (Å²) in [6, 6.07) is 7.99. The van der Waals surface area contributed by atoms with Gasteiger partial charge in [0.1, 0.15) is 11.9 Å². The predicted molar refractivity (Wildman–Crippen MR) is 156 cm³/mol. The number of sulfonamides is 1. The third-order valence-corrected chi connectivity index (χ3v) is 8.85. The molecule has 2 aromatic rings. The highest BCUT2D eigenvalue weighted by atomic mass is 35.5. The number of carbonyl (C=O) groups is 3. The topological polar surface area (TPSA) is 150 Å². The third-order valence-electron chi connectivity index (χ3n) is 7.06. The minimum atomic E-state index is -4.01. The number of nitrogens with one attached hydrogen (secondary N) is 1. The van der Waals surface area contributed by atoms with Crippen molar-refractivity contribution in [2.24, 2.45) is 5.92 Å². The molecule has 42 heavy (non-hydrogen) atoms. The van der Waals surface area contributed by atoms with Crippen molar-refractivity contribution in [3.05, 3.63) is 56.7 Å². The fourth-order valence-electron chi connectivity index (χ4n) is 4.96. The van der Waals surface area contributed by atoms with Crippen molar-refractivity contribution in [1.82, 2.24) is 14.6 Å². The minimum absolute atomic E-state index is 0.0361. The monoisotopic (exact) mass is 635 g/mol. The summed E-state index contributed by atoms with van der Waals surface area (Å²) in [5, 5.41) is 10.5. The number of rotatable bonds is 9. The average Bonchev–Trinajstić information content (AvgIpc) is 3.33. The molecular formula is C28H31Cl2N5O6S. The Morgan fingerprint density at radius 2 is 1.90 bits per heavy atom. The first-order valence-corrected chi connectivity index (χ1v) is 15.9. The van der Waals surface area contributed by atoms with Crippen LogP contribution < -0.4 is 9.62 Å². The Kier molecular flexibility index (Phi) is 9.97. The first-order valence-electron chi connectivity index (χ1n) is 13.5. The van der Waals surface area contributed by atoms with Gasteiger partial charge in [0, 0.05) is 42.0 Å². The average molecular weight is 637 g/mol. The number of carbonyl (C=O) groups excluding carboxylic acids is 3. The zero-order chi connectivity index (χ0) is 30.6. The molecule has 0 atom stereocenters. The molecule has 2 fully saturated rings. The second kappa shape index (κ2) is 13.3. The van der Waals surface area contributed by atoms with E-state index >= 15 is 0 Å². The van der Waals surface area contributed by atoms with Gasteiger partial charge in [-0.25, -0.2) is 18.2 Å². The summed E-state index contributed by atoms with van der Waals surface area (Å²) in [6.45, 7) is 4.72. The minimum Gasteiger partial charge on any atom is -0.459 e. The van der Waals surface area contributed by atoms with Crippen LogP contribution in [0.2, 0.25) is 10.0 Å². The van der Waals surface area contributed by atoms with Crippen LogP contribution in [-0.2, 0) is 36.6 Å². The zero-order valence-corrected chi connectivity index (χ0v) is 25.6. The number of hydrogen-bond acceptors (Lipinski definition) is 9. The second-order valence-corrected chi connectivity index (χ2v) is 13.1. The van der Waals surface area contributed by atoms with Gasteiger partial charge in [0.15, 0.2) is 0 Å². The fraction of sp³-hybridized carbons (Fsp3) is 0.464. The molecule has 4 rings (SSSR count). The normalized spacial score (nSPS) is 16.0. The maximum atomic E-state index is 12.9. The van der Waals surface area contributed by atoms with E-state index in [1.807, 2.05) is 4.90 Å². The van der Waals surface area contributed by atoms with Gasteiger partial charge >= 0.3 is 5.97 Å². The Labute approximate surface area is 254 Å². The van der Waals surface area contributed by atoms with Crippen molar-refractivity contribution in [2.45, 2.75) is 57.9 Å². The van der Waals surface area contributed by atoms with Crippen LogP contribution in [0.15, 0.2) is 24.3 Å². The number of benzene rings is 1. The third kappa shape index (κ3) is 7.70. The number of ether oxygens (including phenoxy) is 1. The molecule has 0 unspecified atom stereocenters. The lowest BCUT2D eigenvalue weighted by Crippen LogP contribution is -2.43. The van der Waals surface area contributed by atoms with Gasteiger partial charge in [0.25, 0.3) is 0 Å². The first kappa shape index (κ1) is 31.5. The summed E-state index contributed by atoms with van der Waals surface area (Å²) < 4.78 is 32.9. The standard InChI is InChI=1S/C28H31Cl2N5O6S/c1-17(2)41-28(38)22-12-20(14-31)26(32-24(22)15-35-9-3-4-25(35)36)34-10-7-18(8-11-34)27(37)33-42(39,40)16-19-5-6-21(29)13-23(19)30/h5-6,12-13,17-18H,3-4,7-11,15-16H2,1-2H3,(H,33,37). The quantitative estimate of drug-likeness (QED) is 0.406. The number of anilines is 1. The molecule has 2 amide bonds. The van der Waals surface area contributed by atoms with E-state index < -0.39 is 33.6 Å². The molecule has 1 N–H and O–H groups in total. The number of aromatic nitrogens is 1. The molecule has 0 radical (unpaired) electrons. The van der Waals surface area contributed by atoms with Crippen LogP contribution in [-0.4, -0.2) is 61.8 Å². The summed E-state index contributed by atoms with van der Waals surface area (Å²) in [5.41, 5.74) is 0.937. The lowest BCUT2D eigenvalue weighted by atomic mass is 9.96. The fourth-order valence-corrected chi connectivity index (χ4v) is 6.72. The van der Waals surface area contributed by atoms with Gasteiger partial charge < -0.3 is 14.5 Å². The molecule has 0 bridgehead atoms. The van der Waals surface area contributed by atoms with Crippen LogP contribution in [0.5, 0.6) is 0 Å². The zero-order valence-electron chi connectivity index (χ0n) is 23.2. The molecule has 224 valence electrons. The van der Waals surface area contributed by atoms with Gasteiger partial charge in [-0.1, -0.05) is 29.3 Å². The van der Waals surface area contributed by atoms with E-state index in [0.717, 1.165) is 0 Å². The van der Waals surface area contributed by atoms with Crippen molar-refractivity contribution in [1.29, 1.82) is 5.26 Å². The number of hydrogen-bond donors (Lipinski definition) is 1. The van der Waals surface area contributed by atoms with Gasteiger partial charge in [-0.05, 0) is 56.9 Å². The van der Waals surface area contributed by atoms with Crippen LogP contribution in [0, 0.1) is 17.2 Å². The van der Waals surface area contributed by atoms with Gasteiger partial charge in [-0.2, -0.15) is 5.26 Å². The highest BCUT2D eigenvalue weighted by Crippen LogP contribution is 2.29. The molecule has 1 aromatic heterocycles. The van der Waals surface area contributed by atoms with E-state index in [0.29, 0.717) is 67.4 Å². The number of nitrogens with zero attached hydrogens (tertiary/aromatic N) is 4. The Morgan fingerprint density at radius 1 is 1.19 bits per heavy atom. The molecule has 1 aromatic carbocycles. The number of piperidine rings is 1. The van der Waals surface area contributed by atoms with E-state index in [-0.39, 0.29) is 34.7 Å². The highest BCUT2D eigenvalue weighted by Gasteiger charge is 2.31. The maximum Gasteiger partial charge on any atom is 0.340 e. The number of pyridine rings is 1. The number of amides is 2. The van der Waals surface area contributed by atoms with Gasteiger partial charge in [0.2, 0.25) is 21.8 Å². The van der Waals surface area contributed by atoms with Gasteiger partial charge in [-0.15, -0.1) is 0 Å². The molecule has 2 aliphatic heterocycles. The van der Waals surface area contributed by atoms with Crippen LogP contribution in [0.3, 0.4) is 0 Å². The van der Waals surface area contributed by atoms with Crippen LogP contribution in [0.1, 0.15) is 66.7 Å². The van der Waals surface area contributed by atoms with Crippen molar-refractivity contribution >= 4 is 56.8 Å². The van der Waals surface area contributed by atoms with Crippen molar-refractivity contribution in [3.8, 4) is 6.07 Å². The van der Waals surface area contributed by atoms with E-state index in [1.54, 1.807) is 18.7 Å². The Balaban J connectivity index is 1.48. The smallest absolute Gasteiger partial charge is 0.340 e.